The van der Waals surface area contributed by atoms with E-state index in [1.165, 1.54) is 19.1 Å². The Balaban J connectivity index is 3.50. The van der Waals surface area contributed by atoms with E-state index in [1.807, 2.05) is 0 Å². The van der Waals surface area contributed by atoms with Crippen LogP contribution in [0, 0.1) is 11.3 Å². The SMILES string of the molecule is CC(=O)c1c(Cl)cc(O)cc1C#N. The van der Waals surface area contributed by atoms with Crippen molar-refractivity contribution in [1.29, 1.82) is 5.26 Å². The smallest absolute Gasteiger partial charge is 0.162 e. The highest BCUT2D eigenvalue weighted by Crippen LogP contribution is 2.25. The van der Waals surface area contributed by atoms with Crippen molar-refractivity contribution in [2.45, 2.75) is 6.92 Å². The van der Waals surface area contributed by atoms with Crippen LogP contribution in [0.2, 0.25) is 5.02 Å². The van der Waals surface area contributed by atoms with Crippen LogP contribution in [0.5, 0.6) is 5.75 Å². The van der Waals surface area contributed by atoms with Crippen LogP contribution < -0.4 is 0 Å². The number of aromatic hydroxyl groups is 1. The number of phenolic OH excluding ortho intramolecular Hbond substituents is 1. The summed E-state index contributed by atoms with van der Waals surface area (Å²) in [5.74, 6) is -0.409. The van der Waals surface area contributed by atoms with Gasteiger partial charge in [-0.25, -0.2) is 0 Å². The largest absolute Gasteiger partial charge is 0.508 e. The molecule has 0 aliphatic rings. The van der Waals surface area contributed by atoms with Crippen molar-refractivity contribution in [2.24, 2.45) is 0 Å². The van der Waals surface area contributed by atoms with E-state index in [0.717, 1.165) is 0 Å². The lowest BCUT2D eigenvalue weighted by Gasteiger charge is -2.02. The normalized spacial score (nSPS) is 9.31. The molecule has 1 aromatic carbocycles. The minimum atomic E-state index is -0.290. The fraction of sp³-hybridized carbons (Fsp3) is 0.111. The molecule has 3 nitrogen and oxygen atoms in total. The first kappa shape index (κ1) is 9.56. The minimum absolute atomic E-state index is 0.0949. The number of ketones is 1. The number of carbonyl (C=O) groups excluding carboxylic acids is 1. The predicted octanol–water partition coefficient (Wildman–Crippen LogP) is 2.12. The quantitative estimate of drug-likeness (QED) is 0.699. The van der Waals surface area contributed by atoms with Crippen molar-refractivity contribution in [3.63, 3.8) is 0 Å². The third kappa shape index (κ3) is 1.79. The van der Waals surface area contributed by atoms with E-state index < -0.39 is 0 Å². The zero-order valence-corrected chi connectivity index (χ0v) is 7.59. The standard InChI is InChI=1S/C9H6ClNO2/c1-5(12)9-6(4-11)2-7(13)3-8(9)10/h2-3,13H,1H3. The zero-order chi connectivity index (χ0) is 10.0. The fourth-order valence-electron chi connectivity index (χ4n) is 1.04. The number of hydrogen-bond acceptors (Lipinski definition) is 3. The summed E-state index contributed by atoms with van der Waals surface area (Å²) in [4.78, 5) is 11.0. The monoisotopic (exact) mass is 195 g/mol. The lowest BCUT2D eigenvalue weighted by Crippen LogP contribution is -1.97. The van der Waals surface area contributed by atoms with Crippen molar-refractivity contribution in [2.75, 3.05) is 0 Å². The van der Waals surface area contributed by atoms with Crippen LogP contribution in [-0.2, 0) is 0 Å². The molecule has 4 heteroatoms. The lowest BCUT2D eigenvalue weighted by molar-refractivity contribution is 0.101. The Morgan fingerprint density at radius 3 is 2.69 bits per heavy atom. The predicted molar refractivity (Wildman–Crippen MR) is 47.8 cm³/mol. The van der Waals surface area contributed by atoms with Gasteiger partial charge < -0.3 is 5.11 Å². The number of Topliss-reactive ketones (excluding diaryl/α,β-unsaturated/α-hetero) is 1. The molecule has 0 saturated heterocycles. The summed E-state index contributed by atoms with van der Waals surface area (Å²) in [7, 11) is 0. The molecule has 0 saturated carbocycles. The van der Waals surface area contributed by atoms with Gasteiger partial charge in [-0.3, -0.25) is 4.79 Å². The highest BCUT2D eigenvalue weighted by molar-refractivity contribution is 6.34. The Morgan fingerprint density at radius 2 is 2.23 bits per heavy atom. The van der Waals surface area contributed by atoms with Gasteiger partial charge in [0.15, 0.2) is 5.78 Å². The van der Waals surface area contributed by atoms with Gasteiger partial charge >= 0.3 is 0 Å². The van der Waals surface area contributed by atoms with Gasteiger partial charge in [-0.05, 0) is 19.1 Å². The topological polar surface area (TPSA) is 61.1 Å². The van der Waals surface area contributed by atoms with Gasteiger partial charge in [-0.15, -0.1) is 0 Å². The molecule has 0 aliphatic heterocycles. The molecule has 0 radical (unpaired) electrons. The van der Waals surface area contributed by atoms with Crippen molar-refractivity contribution >= 4 is 17.4 Å². The Bertz CT molecular complexity index is 407. The van der Waals surface area contributed by atoms with Crippen LogP contribution in [0.4, 0.5) is 0 Å². The highest BCUT2D eigenvalue weighted by atomic mass is 35.5. The van der Waals surface area contributed by atoms with Crippen LogP contribution in [0.25, 0.3) is 0 Å². The lowest BCUT2D eigenvalue weighted by atomic mass is 10.1. The molecular formula is C9H6ClNO2. The Morgan fingerprint density at radius 1 is 1.62 bits per heavy atom. The van der Waals surface area contributed by atoms with E-state index >= 15 is 0 Å². The van der Waals surface area contributed by atoms with Gasteiger partial charge in [0, 0.05) is 0 Å². The average Bonchev–Trinajstić information content (AvgIpc) is 2.01. The zero-order valence-electron chi connectivity index (χ0n) is 6.84. The molecule has 0 amide bonds. The number of halogens is 1. The van der Waals surface area contributed by atoms with Gasteiger partial charge in [0.05, 0.1) is 16.1 Å². The minimum Gasteiger partial charge on any atom is -0.508 e. The third-order valence-electron chi connectivity index (χ3n) is 1.55. The second kappa shape index (κ2) is 3.46. The Hall–Kier alpha value is -1.53. The van der Waals surface area contributed by atoms with Crippen LogP contribution in [0.3, 0.4) is 0 Å². The second-order valence-corrected chi connectivity index (χ2v) is 2.93. The fourth-order valence-corrected chi connectivity index (χ4v) is 1.39. The summed E-state index contributed by atoms with van der Waals surface area (Å²) in [5, 5.41) is 17.8. The van der Waals surface area contributed by atoms with Crippen molar-refractivity contribution in [3.8, 4) is 11.8 Å². The molecule has 0 fully saturated rings. The van der Waals surface area contributed by atoms with Crippen LogP contribution in [0.1, 0.15) is 22.8 Å². The van der Waals surface area contributed by atoms with E-state index in [4.69, 9.17) is 22.0 Å². The summed E-state index contributed by atoms with van der Waals surface area (Å²) in [6, 6.07) is 4.24. The highest BCUT2D eigenvalue weighted by Gasteiger charge is 2.12. The molecule has 13 heavy (non-hydrogen) atoms. The van der Waals surface area contributed by atoms with Crippen molar-refractivity contribution in [3.05, 3.63) is 28.3 Å². The maximum absolute atomic E-state index is 11.0. The van der Waals surface area contributed by atoms with Gasteiger partial charge in [0.2, 0.25) is 0 Å². The van der Waals surface area contributed by atoms with Crippen LogP contribution >= 0.6 is 11.6 Å². The molecule has 1 aromatic rings. The summed E-state index contributed by atoms with van der Waals surface area (Å²) in [5.41, 5.74) is 0.250. The second-order valence-electron chi connectivity index (χ2n) is 2.52. The molecule has 0 unspecified atom stereocenters. The number of benzene rings is 1. The van der Waals surface area contributed by atoms with Crippen molar-refractivity contribution in [1.82, 2.24) is 0 Å². The summed E-state index contributed by atoms with van der Waals surface area (Å²) < 4.78 is 0. The third-order valence-corrected chi connectivity index (χ3v) is 1.85. The summed E-state index contributed by atoms with van der Waals surface area (Å²) >= 11 is 5.68. The first-order valence-corrected chi connectivity index (χ1v) is 3.87. The number of nitriles is 1. The molecule has 0 aliphatic carbocycles. The summed E-state index contributed by atoms with van der Waals surface area (Å²) in [6.07, 6.45) is 0. The molecule has 0 heterocycles. The van der Waals surface area contributed by atoms with Gasteiger partial charge in [0.25, 0.3) is 0 Å². The molecule has 66 valence electrons. The first-order valence-electron chi connectivity index (χ1n) is 3.50. The van der Waals surface area contributed by atoms with Crippen molar-refractivity contribution < 1.29 is 9.90 Å². The van der Waals surface area contributed by atoms with E-state index in [9.17, 15) is 4.79 Å². The molecule has 0 spiro atoms. The maximum Gasteiger partial charge on any atom is 0.162 e. The Labute approximate surface area is 80.2 Å². The van der Waals surface area contributed by atoms with E-state index in [2.05, 4.69) is 0 Å². The molecule has 0 atom stereocenters. The average molecular weight is 196 g/mol. The molecule has 0 aromatic heterocycles. The van der Waals surface area contributed by atoms with Crippen LogP contribution in [-0.4, -0.2) is 10.9 Å². The molecular weight excluding hydrogens is 190 g/mol. The van der Waals surface area contributed by atoms with E-state index in [-0.39, 0.29) is 27.7 Å². The summed E-state index contributed by atoms with van der Waals surface area (Å²) in [6.45, 7) is 1.32. The van der Waals surface area contributed by atoms with Crippen LogP contribution in [0.15, 0.2) is 12.1 Å². The van der Waals surface area contributed by atoms with Gasteiger partial charge in [-0.1, -0.05) is 11.6 Å². The molecule has 0 bridgehead atoms. The number of carbonyl (C=O) groups is 1. The molecule has 1 N–H and O–H groups in total. The van der Waals surface area contributed by atoms with Gasteiger partial charge in [-0.2, -0.15) is 5.26 Å². The Kier molecular flexibility index (Phi) is 2.54. The van der Waals surface area contributed by atoms with Gasteiger partial charge in [0.1, 0.15) is 11.8 Å². The van der Waals surface area contributed by atoms with E-state index in [0.29, 0.717) is 0 Å². The first-order chi connectivity index (χ1) is 6.06. The number of nitrogens with zero attached hydrogens (tertiary/aromatic N) is 1. The van der Waals surface area contributed by atoms with E-state index in [1.54, 1.807) is 6.07 Å². The number of phenols is 1. The molecule has 1 rings (SSSR count). The number of rotatable bonds is 1. The maximum atomic E-state index is 11.0. The number of hydrogen-bond donors (Lipinski definition) is 1.